The van der Waals surface area contributed by atoms with Crippen LogP contribution in [0, 0.1) is 0 Å². The minimum absolute atomic E-state index is 0.111. The Morgan fingerprint density at radius 2 is 1.62 bits per heavy atom. The van der Waals surface area contributed by atoms with Crippen molar-refractivity contribution in [1.29, 1.82) is 0 Å². The lowest BCUT2D eigenvalue weighted by atomic mass is 10.0. The van der Waals surface area contributed by atoms with Gasteiger partial charge >= 0.3 is 12.1 Å². The summed E-state index contributed by atoms with van der Waals surface area (Å²) in [6.45, 7) is 2.12. The third-order valence-electron chi connectivity index (χ3n) is 3.62. The van der Waals surface area contributed by atoms with Gasteiger partial charge in [0.05, 0.1) is 0 Å². The Kier molecular flexibility index (Phi) is 5.98. The normalized spacial score (nSPS) is 10.4. The lowest BCUT2D eigenvalue weighted by Crippen LogP contribution is -2.45. The topological polar surface area (TPSA) is 183 Å². The van der Waals surface area contributed by atoms with E-state index in [1.807, 2.05) is 24.3 Å². The molecule has 8 N–H and O–H groups in total. The predicted octanol–water partition coefficient (Wildman–Crippen LogP) is 0.399. The summed E-state index contributed by atoms with van der Waals surface area (Å²) in [5.74, 6) is 10.7. The van der Waals surface area contributed by atoms with Crippen LogP contribution in [-0.2, 0) is 6.42 Å². The van der Waals surface area contributed by atoms with Gasteiger partial charge in [-0.15, -0.1) is 10.2 Å². The smallest absolute Gasteiger partial charge is 0.336 e. The van der Waals surface area contributed by atoms with Crippen molar-refractivity contribution in [2.75, 3.05) is 10.0 Å². The molecule has 26 heavy (non-hydrogen) atoms. The summed E-state index contributed by atoms with van der Waals surface area (Å²) in [5.41, 5.74) is 12.3. The number of rotatable bonds is 6. The Balaban J connectivity index is 2.46. The van der Waals surface area contributed by atoms with Crippen LogP contribution in [-0.4, -0.2) is 27.2 Å². The average molecular weight is 359 g/mol. The zero-order chi connectivity index (χ0) is 19.3. The van der Waals surface area contributed by atoms with Crippen molar-refractivity contribution in [2.45, 2.75) is 26.2 Å². The second kappa shape index (κ2) is 8.18. The molecule has 138 valence electrons. The Morgan fingerprint density at radius 1 is 1.00 bits per heavy atom. The molecule has 2 rings (SSSR count). The maximum Gasteiger partial charge on any atom is 0.336 e. The van der Waals surface area contributed by atoms with Crippen LogP contribution in [0.15, 0.2) is 24.3 Å². The molecule has 1 heterocycles. The van der Waals surface area contributed by atoms with Crippen molar-refractivity contribution in [3.63, 3.8) is 0 Å². The van der Waals surface area contributed by atoms with E-state index in [0.29, 0.717) is 15.6 Å². The first-order valence-corrected chi connectivity index (χ1v) is 7.87. The molecule has 0 aliphatic heterocycles. The molecule has 0 radical (unpaired) electrons. The van der Waals surface area contributed by atoms with Crippen LogP contribution in [0.3, 0.4) is 0 Å². The molecule has 1 aromatic heterocycles. The van der Waals surface area contributed by atoms with Crippen molar-refractivity contribution in [1.82, 2.24) is 15.2 Å². The second-order valence-corrected chi connectivity index (χ2v) is 5.50. The number of urea groups is 2. The molecule has 2 aromatic rings. The van der Waals surface area contributed by atoms with Gasteiger partial charge in [0.15, 0.2) is 5.82 Å². The number of amides is 4. The summed E-state index contributed by atoms with van der Waals surface area (Å²) in [7, 11) is 0. The molecule has 0 aliphatic carbocycles. The van der Waals surface area contributed by atoms with Gasteiger partial charge in [0, 0.05) is 5.56 Å². The summed E-state index contributed by atoms with van der Waals surface area (Å²) in [4.78, 5) is 26.6. The second-order valence-electron chi connectivity index (χ2n) is 5.50. The number of anilines is 2. The molecule has 0 bridgehead atoms. The molecule has 11 heteroatoms. The average Bonchev–Trinajstić information content (AvgIpc) is 2.65. The number of primary amides is 2. The zero-order valence-corrected chi connectivity index (χ0v) is 14.3. The van der Waals surface area contributed by atoms with Crippen LogP contribution in [0.4, 0.5) is 21.4 Å². The van der Waals surface area contributed by atoms with E-state index in [1.54, 1.807) is 0 Å². The first kappa shape index (κ1) is 19.0. The number of carbonyl (C=O) groups is 2. The van der Waals surface area contributed by atoms with Crippen LogP contribution < -0.4 is 33.2 Å². The maximum atomic E-state index is 11.5. The highest BCUT2D eigenvalue weighted by Gasteiger charge is 2.22. The van der Waals surface area contributed by atoms with Gasteiger partial charge in [0.2, 0.25) is 0 Å². The van der Waals surface area contributed by atoms with E-state index in [4.69, 9.17) is 23.2 Å². The largest absolute Gasteiger partial charge is 0.350 e. The molecular weight excluding hydrogens is 338 g/mol. The molecule has 0 saturated carbocycles. The van der Waals surface area contributed by atoms with Crippen molar-refractivity contribution in [3.05, 3.63) is 29.8 Å². The summed E-state index contributed by atoms with van der Waals surface area (Å²) in [6, 6.07) is 5.52. The molecule has 0 unspecified atom stereocenters. The minimum atomic E-state index is -1.01. The molecule has 4 amide bonds. The Labute approximate surface area is 149 Å². The van der Waals surface area contributed by atoms with Crippen molar-refractivity contribution in [2.24, 2.45) is 23.2 Å². The van der Waals surface area contributed by atoms with E-state index in [9.17, 15) is 9.59 Å². The number of nitrogens with two attached hydrogens (primary N) is 4. The number of aromatic nitrogens is 3. The van der Waals surface area contributed by atoms with Gasteiger partial charge < -0.3 is 11.5 Å². The third-order valence-corrected chi connectivity index (χ3v) is 3.62. The summed E-state index contributed by atoms with van der Waals surface area (Å²) < 4.78 is 0. The number of unbranched alkanes of at least 4 members (excludes halogenated alkanes) is 1. The van der Waals surface area contributed by atoms with Gasteiger partial charge in [0.25, 0.3) is 5.95 Å². The lowest BCUT2D eigenvalue weighted by molar-refractivity contribution is 0.253. The third kappa shape index (κ3) is 4.20. The number of hydrogen-bond donors (Lipinski definition) is 4. The van der Waals surface area contributed by atoms with E-state index in [1.165, 1.54) is 0 Å². The van der Waals surface area contributed by atoms with E-state index >= 15 is 0 Å². The highest BCUT2D eigenvalue weighted by atomic mass is 16.2. The summed E-state index contributed by atoms with van der Waals surface area (Å²) in [6.07, 6.45) is 3.13. The lowest BCUT2D eigenvalue weighted by Gasteiger charge is -2.18. The van der Waals surface area contributed by atoms with Crippen molar-refractivity contribution >= 4 is 23.8 Å². The van der Waals surface area contributed by atoms with Crippen LogP contribution in [0.1, 0.15) is 25.3 Å². The quantitative estimate of drug-likeness (QED) is 0.326. The number of carbonyl (C=O) groups excluding carboxylic acids is 2. The molecule has 11 nitrogen and oxygen atoms in total. The number of hydrazine groups is 2. The van der Waals surface area contributed by atoms with Gasteiger partial charge in [-0.1, -0.05) is 37.6 Å². The van der Waals surface area contributed by atoms with Crippen molar-refractivity contribution in [3.8, 4) is 11.3 Å². The number of benzene rings is 1. The van der Waals surface area contributed by atoms with E-state index in [0.717, 1.165) is 24.8 Å². The van der Waals surface area contributed by atoms with E-state index in [2.05, 4.69) is 22.1 Å². The Bertz CT molecular complexity index is 794. The van der Waals surface area contributed by atoms with E-state index < -0.39 is 12.1 Å². The van der Waals surface area contributed by atoms with Gasteiger partial charge in [-0.25, -0.2) is 26.3 Å². The monoisotopic (exact) mass is 359 g/mol. The molecule has 0 atom stereocenters. The van der Waals surface area contributed by atoms with Crippen LogP contribution in [0.5, 0.6) is 0 Å². The van der Waals surface area contributed by atoms with Gasteiger partial charge in [-0.2, -0.15) is 9.99 Å². The first-order chi connectivity index (χ1) is 12.3. The Morgan fingerprint density at radius 3 is 2.15 bits per heavy atom. The summed E-state index contributed by atoms with van der Waals surface area (Å²) in [5, 5.41) is 8.80. The molecule has 0 fully saturated rings. The predicted molar refractivity (Wildman–Crippen MR) is 96.4 cm³/mol. The van der Waals surface area contributed by atoms with E-state index in [-0.39, 0.29) is 17.5 Å². The molecule has 1 aromatic carbocycles. The molecule has 0 saturated heterocycles. The fourth-order valence-electron chi connectivity index (χ4n) is 2.18. The highest BCUT2D eigenvalue weighted by Crippen LogP contribution is 2.27. The van der Waals surface area contributed by atoms with Gasteiger partial charge in [0.1, 0.15) is 5.69 Å². The zero-order valence-electron chi connectivity index (χ0n) is 14.3. The van der Waals surface area contributed by atoms with Gasteiger partial charge in [-0.05, 0) is 18.4 Å². The van der Waals surface area contributed by atoms with Gasteiger partial charge in [-0.3, -0.25) is 0 Å². The fourth-order valence-corrected chi connectivity index (χ4v) is 2.18. The highest BCUT2D eigenvalue weighted by molar-refractivity contribution is 5.93. The standard InChI is InChI=1S/C15H21N9O2/c1-2-3-4-9-5-7-10(8-6-9)11-12(23(18)13(16)25)20-15(22-21-11)24(19)14(17)26/h5-8H,2-4,18-19H2,1H3,(H2,16,25)(H2,17,26). The molecular formula is C15H21N9O2. The van der Waals surface area contributed by atoms with Crippen LogP contribution in [0.2, 0.25) is 0 Å². The SMILES string of the molecule is CCCCc1ccc(-c2nnc(N(N)C(N)=O)nc2N(N)C(N)=O)cc1. The summed E-state index contributed by atoms with van der Waals surface area (Å²) >= 11 is 0. The maximum absolute atomic E-state index is 11.5. The number of aryl methyl sites for hydroxylation is 1. The minimum Gasteiger partial charge on any atom is -0.350 e. The fraction of sp³-hybridized carbons (Fsp3) is 0.267. The first-order valence-electron chi connectivity index (χ1n) is 7.87. The van der Waals surface area contributed by atoms with Crippen molar-refractivity contribution < 1.29 is 9.59 Å². The molecule has 0 aliphatic rings. The number of nitrogens with zero attached hydrogens (tertiary/aromatic N) is 5. The Hall–Kier alpha value is -3.31. The molecule has 0 spiro atoms. The van der Waals surface area contributed by atoms with Crippen LogP contribution in [0.25, 0.3) is 11.3 Å². The van der Waals surface area contributed by atoms with Crippen LogP contribution >= 0.6 is 0 Å². The number of hydrogen-bond acceptors (Lipinski definition) is 7.